The van der Waals surface area contributed by atoms with Crippen molar-refractivity contribution in [3.63, 3.8) is 0 Å². The zero-order valence-electron chi connectivity index (χ0n) is 16.0. The number of nitrogens with one attached hydrogen (secondary N) is 1. The maximum atomic E-state index is 12.6. The first-order valence-corrected chi connectivity index (χ1v) is 9.95. The first-order chi connectivity index (χ1) is 14.6. The maximum absolute atomic E-state index is 12.6. The molecule has 0 radical (unpaired) electrons. The molecule has 148 valence electrons. The number of amides is 1. The van der Waals surface area contributed by atoms with E-state index in [9.17, 15) is 4.79 Å². The molecule has 0 saturated heterocycles. The van der Waals surface area contributed by atoms with E-state index in [2.05, 4.69) is 20.4 Å². The van der Waals surface area contributed by atoms with Crippen molar-refractivity contribution in [2.24, 2.45) is 0 Å². The third-order valence-electron chi connectivity index (χ3n) is 4.50. The molecule has 30 heavy (non-hydrogen) atoms. The summed E-state index contributed by atoms with van der Waals surface area (Å²) in [7, 11) is 0. The van der Waals surface area contributed by atoms with Gasteiger partial charge in [-0.3, -0.25) is 9.78 Å². The highest BCUT2D eigenvalue weighted by atomic mass is 32.1. The van der Waals surface area contributed by atoms with Gasteiger partial charge in [0.05, 0.1) is 23.6 Å². The van der Waals surface area contributed by atoms with E-state index in [4.69, 9.17) is 11.0 Å². The summed E-state index contributed by atoms with van der Waals surface area (Å²) < 4.78 is 1.46. The van der Waals surface area contributed by atoms with Crippen molar-refractivity contribution < 1.29 is 4.79 Å². The molecule has 3 heterocycles. The monoisotopic (exact) mass is 415 g/mol. The van der Waals surface area contributed by atoms with Crippen molar-refractivity contribution in [3.8, 4) is 23.0 Å². The number of thiazole rings is 1. The van der Waals surface area contributed by atoms with Crippen LogP contribution in [0.3, 0.4) is 0 Å². The van der Waals surface area contributed by atoms with E-state index in [1.807, 2.05) is 30.5 Å². The Bertz CT molecular complexity index is 1220. The lowest BCUT2D eigenvalue weighted by Gasteiger charge is -2.12. The van der Waals surface area contributed by atoms with E-state index in [1.165, 1.54) is 22.2 Å². The average molecular weight is 415 g/mol. The Balaban J connectivity index is 1.45. The minimum atomic E-state index is -0.243. The fourth-order valence-electron chi connectivity index (χ4n) is 2.88. The molecule has 0 bridgehead atoms. The van der Waals surface area contributed by atoms with Crippen molar-refractivity contribution in [2.75, 3.05) is 5.73 Å². The summed E-state index contributed by atoms with van der Waals surface area (Å²) in [4.78, 5) is 21.4. The molecule has 0 fully saturated rings. The normalized spacial score (nSPS) is 11.6. The van der Waals surface area contributed by atoms with Crippen LogP contribution >= 0.6 is 11.3 Å². The first-order valence-electron chi connectivity index (χ1n) is 9.07. The van der Waals surface area contributed by atoms with Crippen LogP contribution in [0, 0.1) is 11.3 Å². The summed E-state index contributed by atoms with van der Waals surface area (Å²) in [6.45, 7) is 1.89. The summed E-state index contributed by atoms with van der Waals surface area (Å²) >= 11 is 1.49. The SMILES string of the molecule is CC(NC(=O)c1ccc(-n2ncc(C#N)c2N)cc1)c1nc(-c2cccnc2)cs1. The Morgan fingerprint density at radius 3 is 2.73 bits per heavy atom. The molecule has 4 rings (SSSR count). The molecule has 4 aromatic rings. The molecule has 1 unspecified atom stereocenters. The van der Waals surface area contributed by atoms with E-state index < -0.39 is 0 Å². The summed E-state index contributed by atoms with van der Waals surface area (Å²) in [5, 5.41) is 18.8. The predicted molar refractivity (Wildman–Crippen MR) is 114 cm³/mol. The molecule has 0 aliphatic heterocycles. The predicted octanol–water partition coefficient (Wildman–Crippen LogP) is 3.34. The molecular weight excluding hydrogens is 398 g/mol. The Kier molecular flexibility index (Phi) is 5.24. The highest BCUT2D eigenvalue weighted by molar-refractivity contribution is 7.10. The van der Waals surface area contributed by atoms with E-state index in [1.54, 1.807) is 36.7 Å². The highest BCUT2D eigenvalue weighted by Gasteiger charge is 2.16. The molecule has 0 aliphatic carbocycles. The summed E-state index contributed by atoms with van der Waals surface area (Å²) in [6.07, 6.45) is 4.88. The van der Waals surface area contributed by atoms with Gasteiger partial charge in [0.25, 0.3) is 5.91 Å². The third-order valence-corrected chi connectivity index (χ3v) is 5.53. The number of carbonyl (C=O) groups excluding carboxylic acids is 1. The van der Waals surface area contributed by atoms with Crippen molar-refractivity contribution in [3.05, 3.63) is 76.5 Å². The minimum absolute atomic E-state index is 0.210. The largest absolute Gasteiger partial charge is 0.382 e. The number of nitrogen functional groups attached to an aromatic ring is 1. The Hall–Kier alpha value is -4.03. The lowest BCUT2D eigenvalue weighted by atomic mass is 10.2. The molecule has 0 aliphatic rings. The van der Waals surface area contributed by atoms with Gasteiger partial charge in [-0.25, -0.2) is 9.67 Å². The number of pyridine rings is 1. The maximum Gasteiger partial charge on any atom is 0.251 e. The lowest BCUT2D eigenvalue weighted by Crippen LogP contribution is -2.26. The quantitative estimate of drug-likeness (QED) is 0.515. The molecule has 0 saturated carbocycles. The zero-order valence-corrected chi connectivity index (χ0v) is 16.8. The molecule has 8 nitrogen and oxygen atoms in total. The molecular formula is C21H17N7OS. The van der Waals surface area contributed by atoms with Gasteiger partial charge in [0.1, 0.15) is 22.5 Å². The van der Waals surface area contributed by atoms with Crippen LogP contribution in [0.1, 0.15) is 33.9 Å². The molecule has 3 aromatic heterocycles. The fraction of sp³-hybridized carbons (Fsp3) is 0.0952. The number of nitrogens with two attached hydrogens (primary N) is 1. The summed E-state index contributed by atoms with van der Waals surface area (Å²) in [6, 6.07) is 12.4. The standard InChI is InChI=1S/C21H17N7OS/c1-13(21-27-18(12-30-21)15-3-2-8-24-10-15)26-20(29)14-4-6-17(7-5-14)28-19(23)16(9-22)11-25-28/h2-8,10-13H,23H2,1H3,(H,26,29). The number of hydrogen-bond acceptors (Lipinski definition) is 7. The number of anilines is 1. The molecule has 0 spiro atoms. The van der Waals surface area contributed by atoms with Gasteiger partial charge < -0.3 is 11.1 Å². The van der Waals surface area contributed by atoms with Gasteiger partial charge in [-0.15, -0.1) is 11.3 Å². The molecule has 3 N–H and O–H groups in total. The Labute approximate surface area is 176 Å². The Morgan fingerprint density at radius 1 is 1.27 bits per heavy atom. The van der Waals surface area contributed by atoms with E-state index >= 15 is 0 Å². The van der Waals surface area contributed by atoms with E-state index in [-0.39, 0.29) is 17.8 Å². The van der Waals surface area contributed by atoms with Crippen LogP contribution in [0.25, 0.3) is 16.9 Å². The van der Waals surface area contributed by atoms with Gasteiger partial charge in [-0.2, -0.15) is 10.4 Å². The molecule has 1 aromatic carbocycles. The minimum Gasteiger partial charge on any atom is -0.382 e. The molecule has 1 atom stereocenters. The molecule has 9 heteroatoms. The summed E-state index contributed by atoms with van der Waals surface area (Å²) in [5.41, 5.74) is 9.15. The fourth-order valence-corrected chi connectivity index (χ4v) is 3.71. The van der Waals surface area contributed by atoms with Crippen molar-refractivity contribution in [2.45, 2.75) is 13.0 Å². The van der Waals surface area contributed by atoms with Crippen LogP contribution in [0.2, 0.25) is 0 Å². The van der Waals surface area contributed by atoms with Crippen molar-refractivity contribution >= 4 is 23.1 Å². The first kappa shape index (κ1) is 19.3. The number of benzene rings is 1. The number of rotatable bonds is 5. The second-order valence-electron chi connectivity index (χ2n) is 6.52. The van der Waals surface area contributed by atoms with Crippen LogP contribution in [0.5, 0.6) is 0 Å². The average Bonchev–Trinajstić information content (AvgIpc) is 3.41. The van der Waals surface area contributed by atoms with Gasteiger partial charge in [0, 0.05) is 28.9 Å². The van der Waals surface area contributed by atoms with Crippen LogP contribution in [0.15, 0.2) is 60.4 Å². The van der Waals surface area contributed by atoms with Crippen LogP contribution in [0.4, 0.5) is 5.82 Å². The molecule has 1 amide bonds. The van der Waals surface area contributed by atoms with E-state index in [0.29, 0.717) is 16.8 Å². The van der Waals surface area contributed by atoms with Crippen LogP contribution in [-0.4, -0.2) is 25.7 Å². The van der Waals surface area contributed by atoms with Crippen molar-refractivity contribution in [1.29, 1.82) is 5.26 Å². The van der Waals surface area contributed by atoms with Gasteiger partial charge in [0.15, 0.2) is 0 Å². The topological polar surface area (TPSA) is 123 Å². The Morgan fingerprint density at radius 2 is 2.07 bits per heavy atom. The second kappa shape index (κ2) is 8.14. The number of carbonyl (C=O) groups is 1. The van der Waals surface area contributed by atoms with Crippen molar-refractivity contribution in [1.82, 2.24) is 25.1 Å². The zero-order chi connectivity index (χ0) is 21.1. The number of nitrogens with zero attached hydrogens (tertiary/aromatic N) is 5. The van der Waals surface area contributed by atoms with Gasteiger partial charge in [-0.05, 0) is 43.3 Å². The van der Waals surface area contributed by atoms with Gasteiger partial charge in [0.2, 0.25) is 0 Å². The van der Waals surface area contributed by atoms with Gasteiger partial charge in [-0.1, -0.05) is 0 Å². The lowest BCUT2D eigenvalue weighted by molar-refractivity contribution is 0.0940. The smallest absolute Gasteiger partial charge is 0.251 e. The number of nitriles is 1. The second-order valence-corrected chi connectivity index (χ2v) is 7.41. The summed E-state index contributed by atoms with van der Waals surface area (Å²) in [5.74, 6) is 0.0508. The van der Waals surface area contributed by atoms with E-state index in [0.717, 1.165) is 16.3 Å². The van der Waals surface area contributed by atoms with Crippen LogP contribution < -0.4 is 11.1 Å². The van der Waals surface area contributed by atoms with Crippen LogP contribution in [-0.2, 0) is 0 Å². The third kappa shape index (κ3) is 3.76. The highest BCUT2D eigenvalue weighted by Crippen LogP contribution is 2.25. The number of aromatic nitrogens is 4. The number of hydrogen-bond donors (Lipinski definition) is 2. The van der Waals surface area contributed by atoms with Gasteiger partial charge >= 0.3 is 0 Å².